The smallest absolute Gasteiger partial charge is 0.270 e. The van der Waals surface area contributed by atoms with Crippen molar-refractivity contribution in [1.29, 1.82) is 0 Å². The molecular formula is C17H19FN4OS. The Morgan fingerprint density at radius 2 is 2.08 bits per heavy atom. The van der Waals surface area contributed by atoms with Crippen LogP contribution in [0.5, 0.6) is 0 Å². The molecule has 0 spiro atoms. The van der Waals surface area contributed by atoms with E-state index in [1.807, 2.05) is 16.7 Å². The van der Waals surface area contributed by atoms with Crippen molar-refractivity contribution in [2.24, 2.45) is 4.99 Å². The average Bonchev–Trinajstić information content (AvgIpc) is 3.20. The maximum Gasteiger partial charge on any atom is 0.270 e. The molecule has 2 aromatic rings. The Labute approximate surface area is 143 Å². The summed E-state index contributed by atoms with van der Waals surface area (Å²) in [6.07, 6.45) is 0. The number of nitrogens with one attached hydrogen (secondary N) is 1. The van der Waals surface area contributed by atoms with Gasteiger partial charge in [-0.15, -0.1) is 0 Å². The largest absolute Gasteiger partial charge is 0.351 e. The number of benzene rings is 1. The SMILES string of the molecule is C[C@H]1CN=C(N2CCN(C(=O)c3cc4cc(F)ccc4[nH]3)CC2)S1. The van der Waals surface area contributed by atoms with Crippen molar-refractivity contribution in [3.8, 4) is 0 Å². The Kier molecular flexibility index (Phi) is 3.96. The second-order valence-electron chi connectivity index (χ2n) is 6.25. The van der Waals surface area contributed by atoms with E-state index in [4.69, 9.17) is 0 Å². The number of halogens is 1. The van der Waals surface area contributed by atoms with Gasteiger partial charge in [0.15, 0.2) is 5.17 Å². The molecule has 0 aliphatic carbocycles. The molecule has 126 valence electrons. The lowest BCUT2D eigenvalue weighted by Gasteiger charge is -2.35. The van der Waals surface area contributed by atoms with E-state index in [0.29, 0.717) is 24.0 Å². The minimum Gasteiger partial charge on any atom is -0.351 e. The van der Waals surface area contributed by atoms with Crippen molar-refractivity contribution < 1.29 is 9.18 Å². The highest BCUT2D eigenvalue weighted by atomic mass is 32.2. The van der Waals surface area contributed by atoms with E-state index in [1.165, 1.54) is 12.1 Å². The summed E-state index contributed by atoms with van der Waals surface area (Å²) in [6, 6.07) is 6.23. The van der Waals surface area contributed by atoms with Gasteiger partial charge in [0.2, 0.25) is 0 Å². The molecule has 7 heteroatoms. The van der Waals surface area contributed by atoms with Gasteiger partial charge in [-0.2, -0.15) is 0 Å². The number of rotatable bonds is 1. The predicted molar refractivity (Wildman–Crippen MR) is 95.1 cm³/mol. The zero-order chi connectivity index (χ0) is 16.7. The number of piperazine rings is 1. The predicted octanol–water partition coefficient (Wildman–Crippen LogP) is 2.56. The number of fused-ring (bicyclic) bond motifs is 1. The molecule has 1 aromatic heterocycles. The van der Waals surface area contributed by atoms with Crippen LogP contribution in [0.15, 0.2) is 29.3 Å². The third kappa shape index (κ3) is 2.88. The van der Waals surface area contributed by atoms with Gasteiger partial charge in [-0.05, 0) is 24.3 Å². The first kappa shape index (κ1) is 15.5. The van der Waals surface area contributed by atoms with Crippen LogP contribution >= 0.6 is 11.8 Å². The standard InChI is InChI=1S/C17H19FN4OS/c1-11-10-19-17(24-11)22-6-4-21(5-7-22)16(23)15-9-12-8-13(18)2-3-14(12)20-15/h2-3,8-9,11,20H,4-7,10H2,1H3/t11-/m0/s1. The summed E-state index contributed by atoms with van der Waals surface area (Å²) in [5.41, 5.74) is 1.30. The fraction of sp³-hybridized carbons (Fsp3) is 0.412. The van der Waals surface area contributed by atoms with Crippen LogP contribution in [-0.4, -0.2) is 63.8 Å². The second kappa shape index (κ2) is 6.12. The molecule has 2 aliphatic rings. The lowest BCUT2D eigenvalue weighted by Crippen LogP contribution is -2.50. The Hall–Kier alpha value is -2.02. The number of amides is 1. The minimum atomic E-state index is -0.293. The molecular weight excluding hydrogens is 327 g/mol. The van der Waals surface area contributed by atoms with Gasteiger partial charge >= 0.3 is 0 Å². The third-order valence-corrected chi connectivity index (χ3v) is 5.59. The average molecular weight is 346 g/mol. The van der Waals surface area contributed by atoms with E-state index in [1.54, 1.807) is 12.1 Å². The molecule has 5 nitrogen and oxygen atoms in total. The first-order valence-corrected chi connectivity index (χ1v) is 9.02. The maximum atomic E-state index is 13.3. The summed E-state index contributed by atoms with van der Waals surface area (Å²) in [6.45, 7) is 6.02. The highest BCUT2D eigenvalue weighted by Gasteiger charge is 2.27. The van der Waals surface area contributed by atoms with Crippen molar-refractivity contribution in [3.05, 3.63) is 35.8 Å². The number of aromatic nitrogens is 1. The van der Waals surface area contributed by atoms with Gasteiger partial charge in [0.1, 0.15) is 11.5 Å². The molecule has 0 saturated carbocycles. The number of aliphatic imine (C=N–C) groups is 1. The van der Waals surface area contributed by atoms with E-state index in [9.17, 15) is 9.18 Å². The molecule has 1 atom stereocenters. The lowest BCUT2D eigenvalue weighted by molar-refractivity contribution is 0.0688. The maximum absolute atomic E-state index is 13.3. The van der Waals surface area contributed by atoms with Gasteiger partial charge in [-0.25, -0.2) is 4.39 Å². The lowest BCUT2D eigenvalue weighted by atomic mass is 10.2. The topological polar surface area (TPSA) is 51.7 Å². The van der Waals surface area contributed by atoms with E-state index in [2.05, 4.69) is 21.8 Å². The van der Waals surface area contributed by atoms with E-state index in [0.717, 1.165) is 35.7 Å². The first-order chi connectivity index (χ1) is 11.6. The zero-order valence-corrected chi connectivity index (χ0v) is 14.3. The van der Waals surface area contributed by atoms with Crippen molar-refractivity contribution in [2.45, 2.75) is 12.2 Å². The zero-order valence-electron chi connectivity index (χ0n) is 13.5. The van der Waals surface area contributed by atoms with E-state index < -0.39 is 0 Å². The van der Waals surface area contributed by atoms with Gasteiger partial charge in [0.25, 0.3) is 5.91 Å². The van der Waals surface area contributed by atoms with Gasteiger partial charge in [0.05, 0.1) is 6.54 Å². The van der Waals surface area contributed by atoms with Crippen LogP contribution in [0.1, 0.15) is 17.4 Å². The number of thioether (sulfide) groups is 1. The van der Waals surface area contributed by atoms with Gasteiger partial charge < -0.3 is 14.8 Å². The number of hydrogen-bond acceptors (Lipinski definition) is 4. The van der Waals surface area contributed by atoms with E-state index >= 15 is 0 Å². The summed E-state index contributed by atoms with van der Waals surface area (Å²) in [5.74, 6) is -0.321. The summed E-state index contributed by atoms with van der Waals surface area (Å²) >= 11 is 1.81. The molecule has 3 heterocycles. The number of amidine groups is 1. The number of aromatic amines is 1. The first-order valence-electron chi connectivity index (χ1n) is 8.14. The molecule has 0 bridgehead atoms. The van der Waals surface area contributed by atoms with Crippen LogP contribution in [0.25, 0.3) is 10.9 Å². The summed E-state index contributed by atoms with van der Waals surface area (Å²) in [7, 11) is 0. The Balaban J connectivity index is 1.43. The Bertz CT molecular complexity index is 810. The van der Waals surface area contributed by atoms with Gasteiger partial charge in [-0.1, -0.05) is 18.7 Å². The highest BCUT2D eigenvalue weighted by Crippen LogP contribution is 2.24. The Morgan fingerprint density at radius 3 is 2.79 bits per heavy atom. The number of nitrogens with zero attached hydrogens (tertiary/aromatic N) is 3. The van der Waals surface area contributed by atoms with Crippen LogP contribution < -0.4 is 0 Å². The second-order valence-corrected chi connectivity index (χ2v) is 7.65. The van der Waals surface area contributed by atoms with Gasteiger partial charge in [0, 0.05) is 42.3 Å². The molecule has 24 heavy (non-hydrogen) atoms. The molecule has 1 saturated heterocycles. The molecule has 1 N–H and O–H groups in total. The fourth-order valence-electron chi connectivity index (χ4n) is 3.13. The van der Waals surface area contributed by atoms with Crippen LogP contribution in [0.2, 0.25) is 0 Å². The van der Waals surface area contributed by atoms with Crippen molar-refractivity contribution in [3.63, 3.8) is 0 Å². The Morgan fingerprint density at radius 1 is 1.29 bits per heavy atom. The number of carbonyl (C=O) groups is 1. The van der Waals surface area contributed by atoms with Crippen LogP contribution in [0, 0.1) is 5.82 Å². The van der Waals surface area contributed by atoms with Crippen LogP contribution in [0.4, 0.5) is 4.39 Å². The number of hydrogen-bond donors (Lipinski definition) is 1. The molecule has 0 unspecified atom stereocenters. The summed E-state index contributed by atoms with van der Waals surface area (Å²) in [5, 5.41) is 2.38. The summed E-state index contributed by atoms with van der Waals surface area (Å²) in [4.78, 5) is 24.5. The molecule has 1 fully saturated rings. The number of carbonyl (C=O) groups excluding carboxylic acids is 1. The minimum absolute atomic E-state index is 0.0272. The molecule has 2 aliphatic heterocycles. The van der Waals surface area contributed by atoms with Crippen molar-refractivity contribution >= 4 is 33.7 Å². The normalized spacial score (nSPS) is 21.4. The molecule has 1 aromatic carbocycles. The van der Waals surface area contributed by atoms with Crippen LogP contribution in [-0.2, 0) is 0 Å². The van der Waals surface area contributed by atoms with Crippen molar-refractivity contribution in [2.75, 3.05) is 32.7 Å². The monoisotopic (exact) mass is 346 g/mol. The highest BCUT2D eigenvalue weighted by molar-refractivity contribution is 8.14. The van der Waals surface area contributed by atoms with Crippen molar-refractivity contribution in [1.82, 2.24) is 14.8 Å². The molecule has 4 rings (SSSR count). The third-order valence-electron chi connectivity index (χ3n) is 4.44. The molecule has 0 radical (unpaired) electrons. The number of H-pyrrole nitrogens is 1. The van der Waals surface area contributed by atoms with E-state index in [-0.39, 0.29) is 11.7 Å². The molecule has 1 amide bonds. The van der Waals surface area contributed by atoms with Crippen LogP contribution in [0.3, 0.4) is 0 Å². The van der Waals surface area contributed by atoms with Gasteiger partial charge in [-0.3, -0.25) is 9.79 Å². The summed E-state index contributed by atoms with van der Waals surface area (Å²) < 4.78 is 13.3. The quantitative estimate of drug-likeness (QED) is 0.863. The fourth-order valence-corrected chi connectivity index (χ4v) is 4.12.